The first kappa shape index (κ1) is 3.19. The fraction of sp³-hybridized carbons (Fsp3) is 0. The summed E-state index contributed by atoms with van der Waals surface area (Å²) in [7, 11) is 0. The van der Waals surface area contributed by atoms with Gasteiger partial charge in [0.2, 0.25) is 0 Å². The topological polar surface area (TPSA) is 24.1 Å². The molecule has 0 aliphatic carbocycles. The van der Waals surface area contributed by atoms with Crippen molar-refractivity contribution in [3.63, 3.8) is 0 Å². The lowest BCUT2D eigenvalue weighted by Crippen LogP contribution is -2.06. The van der Waals surface area contributed by atoms with Crippen molar-refractivity contribution in [2.45, 2.75) is 0 Å². The Morgan fingerprint density at radius 3 is 2.83 bits per heavy atom. The maximum Gasteiger partial charge on any atom is 0.102 e. The van der Waals surface area contributed by atoms with Crippen LogP contribution in [-0.4, -0.2) is 0 Å². The predicted octanol–water partition coefficient (Wildman–Crippen LogP) is -0.272. The minimum Gasteiger partial charge on any atom is -0.485 e. The molecule has 0 amide bonds. The van der Waals surface area contributed by atoms with Gasteiger partial charge in [-0.15, -0.1) is 0 Å². The fourth-order valence-corrected chi connectivity index (χ4v) is 0.239. The highest BCUT2D eigenvalue weighted by Crippen LogP contribution is 1.67. The van der Waals surface area contributed by atoms with Crippen LogP contribution in [0.2, 0.25) is 0 Å². The van der Waals surface area contributed by atoms with Crippen LogP contribution in [0.15, 0.2) is 12.4 Å². The second kappa shape index (κ2) is 1.43. The van der Waals surface area contributed by atoms with Crippen LogP contribution in [0.25, 0.3) is 0 Å². The lowest BCUT2D eigenvalue weighted by atomic mass is 10.7. The molecular formula is C4H4N2. The monoisotopic (exact) mass is 80.0 g/mol. The van der Waals surface area contributed by atoms with Gasteiger partial charge in [0.1, 0.15) is 6.20 Å². The largest absolute Gasteiger partial charge is 0.485 e. The molecule has 1 aliphatic rings. The molecule has 2 heteroatoms. The van der Waals surface area contributed by atoms with Gasteiger partial charge in [-0.1, -0.05) is 0 Å². The number of hydrogen-bond donors (Lipinski definition) is 2. The van der Waals surface area contributed by atoms with Gasteiger partial charge in [0, 0.05) is 6.20 Å². The summed E-state index contributed by atoms with van der Waals surface area (Å²) in [5, 5.41) is 5.36. The van der Waals surface area contributed by atoms with Crippen molar-refractivity contribution in [3.05, 3.63) is 24.8 Å². The minimum absolute atomic E-state index is 1.64. The van der Waals surface area contributed by atoms with Crippen molar-refractivity contribution in [1.29, 1.82) is 0 Å². The van der Waals surface area contributed by atoms with Gasteiger partial charge in [-0.2, -0.15) is 0 Å². The van der Waals surface area contributed by atoms with Gasteiger partial charge in [0.05, 0.1) is 6.20 Å². The van der Waals surface area contributed by atoms with Gasteiger partial charge in [-0.25, -0.2) is 5.32 Å². The molecule has 0 aromatic rings. The van der Waals surface area contributed by atoms with Gasteiger partial charge in [-0.3, -0.25) is 0 Å². The molecule has 0 spiro atoms. The van der Waals surface area contributed by atoms with Crippen LogP contribution in [0.1, 0.15) is 0 Å². The van der Waals surface area contributed by atoms with Gasteiger partial charge < -0.3 is 5.32 Å². The van der Waals surface area contributed by atoms with Crippen LogP contribution in [0, 0.1) is 12.4 Å². The maximum absolute atomic E-state index is 2.68. The summed E-state index contributed by atoms with van der Waals surface area (Å²) >= 11 is 0. The van der Waals surface area contributed by atoms with Crippen molar-refractivity contribution >= 4 is 0 Å². The van der Waals surface area contributed by atoms with E-state index in [0.29, 0.717) is 0 Å². The van der Waals surface area contributed by atoms with Crippen LogP contribution in [0.5, 0.6) is 0 Å². The molecule has 1 aliphatic heterocycles. The SMILES string of the molecule is [C+]1=CN[C-]=CN1. The molecule has 0 bridgehead atoms. The summed E-state index contributed by atoms with van der Waals surface area (Å²) in [5.41, 5.74) is 0. The van der Waals surface area contributed by atoms with Gasteiger partial charge in [-0.05, 0) is 6.20 Å². The molecule has 30 valence electrons. The molecule has 0 unspecified atom stereocenters. The number of nitrogens with one attached hydrogen (secondary N) is 2. The molecular weight excluding hydrogens is 76.1 g/mol. The summed E-state index contributed by atoms with van der Waals surface area (Å²) in [4.78, 5) is 0. The second-order valence-electron chi connectivity index (χ2n) is 0.866. The molecule has 0 saturated carbocycles. The molecule has 2 N–H and O–H groups in total. The van der Waals surface area contributed by atoms with Gasteiger partial charge in [0.25, 0.3) is 0 Å². The second-order valence-corrected chi connectivity index (χ2v) is 0.866. The Morgan fingerprint density at radius 1 is 1.67 bits per heavy atom. The predicted molar refractivity (Wildman–Crippen MR) is 21.9 cm³/mol. The van der Waals surface area contributed by atoms with E-state index in [4.69, 9.17) is 0 Å². The van der Waals surface area contributed by atoms with E-state index >= 15 is 0 Å². The van der Waals surface area contributed by atoms with Crippen LogP contribution in [-0.2, 0) is 0 Å². The molecule has 0 aromatic heterocycles. The van der Waals surface area contributed by atoms with Crippen molar-refractivity contribution in [2.75, 3.05) is 0 Å². The standard InChI is InChI=1S/C4H4N2/c1-2-6-4-3-5-1/h1,4-6H. The van der Waals surface area contributed by atoms with Crippen LogP contribution in [0.4, 0.5) is 0 Å². The lowest BCUT2D eigenvalue weighted by Gasteiger charge is -1.94. The zero-order valence-electron chi connectivity index (χ0n) is 3.15. The number of hydrogen-bond acceptors (Lipinski definition) is 2. The number of rotatable bonds is 0. The molecule has 1 rings (SSSR count). The van der Waals surface area contributed by atoms with E-state index < -0.39 is 0 Å². The van der Waals surface area contributed by atoms with Crippen LogP contribution >= 0.6 is 0 Å². The third-order valence-corrected chi connectivity index (χ3v) is 0.455. The Balaban J connectivity index is 2.40. The third kappa shape index (κ3) is 0.476. The molecule has 0 atom stereocenters. The Hall–Kier alpha value is -1.01. The first-order valence-corrected chi connectivity index (χ1v) is 1.65. The molecule has 1 heterocycles. The maximum atomic E-state index is 2.68. The minimum atomic E-state index is 1.64. The molecule has 0 saturated heterocycles. The highest BCUT2D eigenvalue weighted by Gasteiger charge is 1.73. The summed E-state index contributed by atoms with van der Waals surface area (Å²) < 4.78 is 0. The highest BCUT2D eigenvalue weighted by atomic mass is 14.9. The zero-order valence-corrected chi connectivity index (χ0v) is 3.15. The molecule has 0 radical (unpaired) electrons. The van der Waals surface area contributed by atoms with E-state index in [9.17, 15) is 0 Å². The van der Waals surface area contributed by atoms with E-state index in [2.05, 4.69) is 23.0 Å². The Labute approximate surface area is 36.5 Å². The summed E-state index contributed by atoms with van der Waals surface area (Å²) in [6.45, 7) is 0. The summed E-state index contributed by atoms with van der Waals surface area (Å²) in [6, 6.07) is 0. The van der Waals surface area contributed by atoms with Crippen molar-refractivity contribution < 1.29 is 0 Å². The first-order chi connectivity index (χ1) is 3.00. The molecule has 0 aromatic carbocycles. The fourth-order valence-electron chi connectivity index (χ4n) is 0.239. The molecule has 2 nitrogen and oxygen atoms in total. The van der Waals surface area contributed by atoms with Crippen molar-refractivity contribution in [3.8, 4) is 0 Å². The van der Waals surface area contributed by atoms with E-state index in [1.54, 1.807) is 12.4 Å². The van der Waals surface area contributed by atoms with Crippen LogP contribution < -0.4 is 10.6 Å². The smallest absolute Gasteiger partial charge is 0.102 e. The first-order valence-electron chi connectivity index (χ1n) is 1.65. The zero-order chi connectivity index (χ0) is 4.24. The van der Waals surface area contributed by atoms with Gasteiger partial charge >= 0.3 is 0 Å². The summed E-state index contributed by atoms with van der Waals surface area (Å²) in [5.74, 6) is 0. The van der Waals surface area contributed by atoms with Crippen LogP contribution in [0.3, 0.4) is 0 Å². The Kier molecular flexibility index (Phi) is 0.762. The third-order valence-electron chi connectivity index (χ3n) is 0.455. The van der Waals surface area contributed by atoms with Crippen molar-refractivity contribution in [1.82, 2.24) is 10.6 Å². The van der Waals surface area contributed by atoms with Gasteiger partial charge in [0.15, 0.2) is 0 Å². The summed E-state index contributed by atoms with van der Waals surface area (Å²) in [6.07, 6.45) is 8.64. The lowest BCUT2D eigenvalue weighted by molar-refractivity contribution is 0.984. The average Bonchev–Trinajstić information content (AvgIpc) is 1.72. The normalized spacial score (nSPS) is 14.7. The molecule has 6 heavy (non-hydrogen) atoms. The van der Waals surface area contributed by atoms with E-state index in [1.165, 1.54) is 0 Å². The Bertz CT molecular complexity index is 63.5. The Morgan fingerprint density at radius 2 is 2.67 bits per heavy atom. The quantitative estimate of drug-likeness (QED) is 0.391. The van der Waals surface area contributed by atoms with E-state index in [1.807, 2.05) is 0 Å². The van der Waals surface area contributed by atoms with E-state index in [-0.39, 0.29) is 0 Å². The molecule has 0 fully saturated rings. The average molecular weight is 80.1 g/mol. The van der Waals surface area contributed by atoms with Crippen molar-refractivity contribution in [2.24, 2.45) is 0 Å². The van der Waals surface area contributed by atoms with E-state index in [0.717, 1.165) is 0 Å². The highest BCUT2D eigenvalue weighted by molar-refractivity contribution is 4.85.